The summed E-state index contributed by atoms with van der Waals surface area (Å²) in [7, 11) is -4.38. The predicted octanol–water partition coefficient (Wildman–Crippen LogP) is 4.80. The zero-order valence-electron chi connectivity index (χ0n) is 22.4. The molecule has 0 aliphatic rings. The SMILES string of the molecule is CCC(C(=O)NC(C)C)N(Cc1ccc(F)cc1)C(=O)CN(c1ccccc1F)S(=O)(=O)c1ccc(C)cc1. The summed E-state index contributed by atoms with van der Waals surface area (Å²) in [6.45, 7) is 6.25. The number of carbonyl (C=O) groups excluding carboxylic acids is 2. The molecular weight excluding hydrogens is 524 g/mol. The van der Waals surface area contributed by atoms with Gasteiger partial charge in [0.25, 0.3) is 10.0 Å². The van der Waals surface area contributed by atoms with Crippen molar-refractivity contribution >= 4 is 27.5 Å². The maximum absolute atomic E-state index is 15.0. The molecule has 3 rings (SSSR count). The minimum absolute atomic E-state index is 0.0845. The van der Waals surface area contributed by atoms with E-state index in [1.807, 2.05) is 0 Å². The van der Waals surface area contributed by atoms with Gasteiger partial charge in [0, 0.05) is 12.6 Å². The zero-order valence-corrected chi connectivity index (χ0v) is 23.2. The second-order valence-corrected chi connectivity index (χ2v) is 11.4. The van der Waals surface area contributed by atoms with E-state index in [0.29, 0.717) is 5.56 Å². The number of halogens is 2. The molecule has 3 aromatic rings. The molecule has 0 saturated carbocycles. The number of carbonyl (C=O) groups is 2. The number of aryl methyl sites for hydroxylation is 1. The van der Waals surface area contributed by atoms with Gasteiger partial charge in [-0.25, -0.2) is 17.2 Å². The van der Waals surface area contributed by atoms with E-state index in [0.717, 1.165) is 15.9 Å². The van der Waals surface area contributed by atoms with Gasteiger partial charge in [-0.1, -0.05) is 48.9 Å². The third-order valence-electron chi connectivity index (χ3n) is 6.09. The summed E-state index contributed by atoms with van der Waals surface area (Å²) in [5.41, 5.74) is 1.07. The van der Waals surface area contributed by atoms with Gasteiger partial charge < -0.3 is 10.2 Å². The second kappa shape index (κ2) is 12.8. The molecule has 0 bridgehead atoms. The number of hydrogen-bond donors (Lipinski definition) is 1. The first-order chi connectivity index (χ1) is 18.4. The van der Waals surface area contributed by atoms with Crippen molar-refractivity contribution in [3.8, 4) is 0 Å². The van der Waals surface area contributed by atoms with Crippen LogP contribution in [0.4, 0.5) is 14.5 Å². The molecule has 208 valence electrons. The quantitative estimate of drug-likeness (QED) is 0.367. The Bertz CT molecular complexity index is 1390. The lowest BCUT2D eigenvalue weighted by atomic mass is 10.1. The number of anilines is 1. The Morgan fingerprint density at radius 3 is 2.10 bits per heavy atom. The Balaban J connectivity index is 2.07. The van der Waals surface area contributed by atoms with Crippen LogP contribution in [0.25, 0.3) is 0 Å². The average Bonchev–Trinajstić information content (AvgIpc) is 2.88. The molecule has 1 N–H and O–H groups in total. The number of hydrogen-bond acceptors (Lipinski definition) is 4. The highest BCUT2D eigenvalue weighted by Gasteiger charge is 2.34. The Kier molecular flexibility index (Phi) is 9.80. The van der Waals surface area contributed by atoms with Crippen molar-refractivity contribution < 1.29 is 26.8 Å². The maximum Gasteiger partial charge on any atom is 0.264 e. The monoisotopic (exact) mass is 557 g/mol. The van der Waals surface area contributed by atoms with E-state index >= 15 is 0 Å². The summed E-state index contributed by atoms with van der Waals surface area (Å²) in [5, 5.41) is 2.79. The molecule has 0 fully saturated rings. The molecule has 3 aromatic carbocycles. The van der Waals surface area contributed by atoms with Crippen molar-refractivity contribution in [1.82, 2.24) is 10.2 Å². The number of para-hydroxylation sites is 1. The van der Waals surface area contributed by atoms with Gasteiger partial charge in [0.1, 0.15) is 24.2 Å². The molecule has 0 spiro atoms. The Morgan fingerprint density at radius 2 is 1.54 bits per heavy atom. The maximum atomic E-state index is 15.0. The summed E-state index contributed by atoms with van der Waals surface area (Å²) in [4.78, 5) is 28.1. The number of rotatable bonds is 11. The van der Waals surface area contributed by atoms with Crippen LogP contribution in [0, 0.1) is 18.6 Å². The standard InChI is InChI=1S/C29H33F2N3O4S/c1-5-26(29(36)32-20(2)3)33(18-22-12-14-23(30)15-13-22)28(35)19-34(27-9-7-6-8-25(27)31)39(37,38)24-16-10-21(4)11-17-24/h6-17,20,26H,5,18-19H2,1-4H3,(H,32,36). The van der Waals surface area contributed by atoms with Gasteiger partial charge in [-0.05, 0) is 69.2 Å². The first kappa shape index (κ1) is 29.8. The molecule has 10 heteroatoms. The van der Waals surface area contributed by atoms with Gasteiger partial charge >= 0.3 is 0 Å². The van der Waals surface area contributed by atoms with Crippen molar-refractivity contribution in [2.24, 2.45) is 0 Å². The van der Waals surface area contributed by atoms with Crippen molar-refractivity contribution in [2.45, 2.75) is 57.6 Å². The molecule has 0 saturated heterocycles. The van der Waals surface area contributed by atoms with Crippen LogP contribution < -0.4 is 9.62 Å². The van der Waals surface area contributed by atoms with E-state index < -0.39 is 46.1 Å². The number of nitrogens with one attached hydrogen (secondary N) is 1. The smallest absolute Gasteiger partial charge is 0.264 e. The van der Waals surface area contributed by atoms with E-state index in [1.165, 1.54) is 59.5 Å². The Hall–Kier alpha value is -3.79. The van der Waals surface area contributed by atoms with Gasteiger partial charge in [-0.15, -0.1) is 0 Å². The summed E-state index contributed by atoms with van der Waals surface area (Å²) in [6, 6.07) is 15.6. The number of benzene rings is 3. The van der Waals surface area contributed by atoms with Crippen molar-refractivity contribution in [2.75, 3.05) is 10.8 Å². The number of sulfonamides is 1. The zero-order chi connectivity index (χ0) is 28.7. The third-order valence-corrected chi connectivity index (χ3v) is 7.87. The van der Waals surface area contributed by atoms with Gasteiger partial charge in [0.05, 0.1) is 10.6 Å². The van der Waals surface area contributed by atoms with Gasteiger partial charge in [-0.3, -0.25) is 13.9 Å². The molecule has 39 heavy (non-hydrogen) atoms. The van der Waals surface area contributed by atoms with E-state index in [1.54, 1.807) is 39.8 Å². The average molecular weight is 558 g/mol. The fourth-order valence-electron chi connectivity index (χ4n) is 4.09. The van der Waals surface area contributed by atoms with Crippen LogP contribution in [0.5, 0.6) is 0 Å². The molecule has 0 aliphatic heterocycles. The van der Waals surface area contributed by atoms with Crippen LogP contribution >= 0.6 is 0 Å². The van der Waals surface area contributed by atoms with Crippen LogP contribution in [0.3, 0.4) is 0 Å². The lowest BCUT2D eigenvalue weighted by Crippen LogP contribution is -2.53. The van der Waals surface area contributed by atoms with Crippen LogP contribution in [-0.2, 0) is 26.2 Å². The van der Waals surface area contributed by atoms with E-state index in [-0.39, 0.29) is 29.6 Å². The Morgan fingerprint density at radius 1 is 0.923 bits per heavy atom. The topological polar surface area (TPSA) is 86.8 Å². The highest BCUT2D eigenvalue weighted by atomic mass is 32.2. The fraction of sp³-hybridized carbons (Fsp3) is 0.310. The van der Waals surface area contributed by atoms with Crippen molar-refractivity contribution in [3.05, 3.63) is 95.6 Å². The molecule has 0 heterocycles. The van der Waals surface area contributed by atoms with Gasteiger partial charge in [0.15, 0.2) is 0 Å². The first-order valence-electron chi connectivity index (χ1n) is 12.6. The normalized spacial score (nSPS) is 12.2. The highest BCUT2D eigenvalue weighted by Crippen LogP contribution is 2.27. The third kappa shape index (κ3) is 7.41. The second-order valence-electron chi connectivity index (χ2n) is 9.51. The fourth-order valence-corrected chi connectivity index (χ4v) is 5.51. The summed E-state index contributed by atoms with van der Waals surface area (Å²) in [5.74, 6) is -2.42. The minimum atomic E-state index is -4.38. The highest BCUT2D eigenvalue weighted by molar-refractivity contribution is 7.92. The minimum Gasteiger partial charge on any atom is -0.352 e. The molecule has 1 atom stereocenters. The summed E-state index contributed by atoms with van der Waals surface area (Å²) < 4.78 is 56.7. The van der Waals surface area contributed by atoms with E-state index in [2.05, 4.69) is 5.32 Å². The van der Waals surface area contributed by atoms with E-state index in [9.17, 15) is 26.8 Å². The molecule has 1 unspecified atom stereocenters. The van der Waals surface area contributed by atoms with Gasteiger partial charge in [-0.2, -0.15) is 0 Å². The summed E-state index contributed by atoms with van der Waals surface area (Å²) in [6.07, 6.45) is 0.232. The molecule has 2 amide bonds. The molecule has 7 nitrogen and oxygen atoms in total. The molecule has 0 radical (unpaired) electrons. The Labute approximate surface area is 228 Å². The molecule has 0 aliphatic carbocycles. The van der Waals surface area contributed by atoms with Crippen LogP contribution in [0.15, 0.2) is 77.7 Å². The van der Waals surface area contributed by atoms with E-state index in [4.69, 9.17) is 0 Å². The van der Waals surface area contributed by atoms with Crippen molar-refractivity contribution in [1.29, 1.82) is 0 Å². The number of amides is 2. The van der Waals surface area contributed by atoms with Crippen molar-refractivity contribution in [3.63, 3.8) is 0 Å². The largest absolute Gasteiger partial charge is 0.352 e. The lowest BCUT2D eigenvalue weighted by Gasteiger charge is -2.33. The molecular formula is C29H33F2N3O4S. The summed E-state index contributed by atoms with van der Waals surface area (Å²) >= 11 is 0. The van der Waals surface area contributed by atoms with Crippen LogP contribution in [0.2, 0.25) is 0 Å². The first-order valence-corrected chi connectivity index (χ1v) is 14.1. The predicted molar refractivity (Wildman–Crippen MR) is 146 cm³/mol. The number of nitrogens with zero attached hydrogens (tertiary/aromatic N) is 2. The van der Waals surface area contributed by atoms with Crippen LogP contribution in [-0.4, -0.2) is 43.8 Å². The lowest BCUT2D eigenvalue weighted by molar-refractivity contribution is -0.140. The van der Waals surface area contributed by atoms with Crippen LogP contribution in [0.1, 0.15) is 38.3 Å². The van der Waals surface area contributed by atoms with Gasteiger partial charge in [0.2, 0.25) is 11.8 Å². The molecule has 0 aromatic heterocycles.